The van der Waals surface area contributed by atoms with Gasteiger partial charge in [-0.1, -0.05) is 36.4 Å². The summed E-state index contributed by atoms with van der Waals surface area (Å²) in [7, 11) is 0. The predicted octanol–water partition coefficient (Wildman–Crippen LogP) is 5.33. The van der Waals surface area contributed by atoms with E-state index in [1.54, 1.807) is 0 Å². The summed E-state index contributed by atoms with van der Waals surface area (Å²) in [6.45, 7) is 0. The molecule has 0 atom stereocenters. The first-order valence-corrected chi connectivity index (χ1v) is 9.81. The third-order valence-corrected chi connectivity index (χ3v) is 6.44. The largest absolute Gasteiger partial charge is 0.306 e. The van der Waals surface area contributed by atoms with E-state index in [9.17, 15) is 0 Å². The maximum absolute atomic E-state index is 4.75. The van der Waals surface area contributed by atoms with Crippen LogP contribution in [-0.2, 0) is 19.3 Å². The molecule has 4 heterocycles. The van der Waals surface area contributed by atoms with Crippen LogP contribution in [0.2, 0.25) is 0 Å². The smallest absolute Gasteiger partial charge is 0.0717 e. The van der Waals surface area contributed by atoms with Crippen molar-refractivity contribution in [2.75, 3.05) is 4.90 Å². The summed E-state index contributed by atoms with van der Waals surface area (Å²) in [5, 5.41) is 0. The average Bonchev–Trinajstić information content (AvgIpc) is 3.12. The zero-order valence-electron chi connectivity index (χ0n) is 15.3. The standard InChI is InChI=1S/C25H17N3/c1-2-4-19-15(3-1)12-21-20(19)6-5-17-11-18-8-10-27-22-13-16-7-9-26-14-23(16)28(24(17)21)25(18)22/h1-10,14H,11-13H2. The molecule has 1 aliphatic carbocycles. The topological polar surface area (TPSA) is 29.0 Å². The van der Waals surface area contributed by atoms with Crippen LogP contribution in [0, 0.1) is 0 Å². The number of fused-ring (bicyclic) bond motifs is 8. The maximum atomic E-state index is 4.75. The van der Waals surface area contributed by atoms with Gasteiger partial charge in [-0.3, -0.25) is 9.97 Å². The lowest BCUT2D eigenvalue weighted by Crippen LogP contribution is -2.26. The van der Waals surface area contributed by atoms with Crippen LogP contribution in [0.5, 0.6) is 0 Å². The van der Waals surface area contributed by atoms with Crippen LogP contribution in [0.3, 0.4) is 0 Å². The Hall–Kier alpha value is -3.46. The first-order valence-electron chi connectivity index (χ1n) is 9.81. The fraction of sp³-hybridized carbons (Fsp3) is 0.120. The van der Waals surface area contributed by atoms with Crippen molar-refractivity contribution in [1.29, 1.82) is 0 Å². The van der Waals surface area contributed by atoms with Crippen molar-refractivity contribution >= 4 is 17.1 Å². The summed E-state index contributed by atoms with van der Waals surface area (Å²) in [5.41, 5.74) is 14.7. The lowest BCUT2D eigenvalue weighted by Gasteiger charge is -2.39. The fourth-order valence-electron chi connectivity index (χ4n) is 5.26. The average molecular weight is 359 g/mol. The monoisotopic (exact) mass is 359 g/mol. The summed E-state index contributed by atoms with van der Waals surface area (Å²) < 4.78 is 0. The highest BCUT2D eigenvalue weighted by molar-refractivity contribution is 5.94. The van der Waals surface area contributed by atoms with Crippen LogP contribution in [0.25, 0.3) is 11.1 Å². The van der Waals surface area contributed by atoms with Crippen LogP contribution >= 0.6 is 0 Å². The quantitative estimate of drug-likeness (QED) is 0.367. The predicted molar refractivity (Wildman–Crippen MR) is 111 cm³/mol. The molecule has 0 N–H and O–H groups in total. The van der Waals surface area contributed by atoms with Gasteiger partial charge in [0.2, 0.25) is 0 Å². The molecule has 0 unspecified atom stereocenters. The molecule has 0 bridgehead atoms. The van der Waals surface area contributed by atoms with Gasteiger partial charge in [0.25, 0.3) is 0 Å². The number of rotatable bonds is 0. The number of hydrogen-bond donors (Lipinski definition) is 0. The van der Waals surface area contributed by atoms with Crippen molar-refractivity contribution in [3.05, 3.63) is 101 Å². The van der Waals surface area contributed by atoms with Crippen molar-refractivity contribution < 1.29 is 0 Å². The summed E-state index contributed by atoms with van der Waals surface area (Å²) in [6.07, 6.45) is 8.71. The summed E-state index contributed by atoms with van der Waals surface area (Å²) in [5.74, 6) is 0. The summed E-state index contributed by atoms with van der Waals surface area (Å²) in [4.78, 5) is 11.7. The number of benzene rings is 2. The molecule has 4 aromatic rings. The van der Waals surface area contributed by atoms with Gasteiger partial charge in [-0.2, -0.15) is 0 Å². The van der Waals surface area contributed by atoms with Gasteiger partial charge in [-0.15, -0.1) is 0 Å². The molecule has 0 fully saturated rings. The van der Waals surface area contributed by atoms with Gasteiger partial charge in [-0.05, 0) is 51.1 Å². The van der Waals surface area contributed by atoms with Crippen LogP contribution in [-0.4, -0.2) is 9.97 Å². The second-order valence-corrected chi connectivity index (χ2v) is 7.89. The second kappa shape index (κ2) is 5.08. The van der Waals surface area contributed by atoms with E-state index in [4.69, 9.17) is 4.98 Å². The number of aromatic nitrogens is 2. The van der Waals surface area contributed by atoms with Gasteiger partial charge < -0.3 is 4.90 Å². The summed E-state index contributed by atoms with van der Waals surface area (Å²) >= 11 is 0. The Balaban J connectivity index is 1.56. The molecule has 0 spiro atoms. The van der Waals surface area contributed by atoms with E-state index in [1.165, 1.54) is 61.7 Å². The molecule has 132 valence electrons. The lowest BCUT2D eigenvalue weighted by molar-refractivity contribution is 0.947. The van der Waals surface area contributed by atoms with E-state index in [-0.39, 0.29) is 0 Å². The minimum atomic E-state index is 0.877. The maximum Gasteiger partial charge on any atom is 0.0717 e. The molecule has 0 saturated heterocycles. The van der Waals surface area contributed by atoms with Gasteiger partial charge in [-0.25, -0.2) is 0 Å². The highest BCUT2D eigenvalue weighted by Gasteiger charge is 2.35. The third kappa shape index (κ3) is 1.74. The number of anilines is 3. The molecule has 7 rings (SSSR count). The first kappa shape index (κ1) is 14.6. The van der Waals surface area contributed by atoms with Crippen LogP contribution in [0.4, 0.5) is 17.1 Å². The zero-order chi connectivity index (χ0) is 18.2. The van der Waals surface area contributed by atoms with Crippen LogP contribution in [0.15, 0.2) is 67.1 Å². The van der Waals surface area contributed by atoms with E-state index < -0.39 is 0 Å². The highest BCUT2D eigenvalue weighted by atomic mass is 15.2. The SMILES string of the molecule is c1ccc2c(c1)Cc1c-2ccc2c1N1c3cnccc3Cc3nccc(c31)C2. The molecule has 3 heteroatoms. The molecule has 0 radical (unpaired) electrons. The third-order valence-electron chi connectivity index (χ3n) is 6.44. The molecule has 2 aromatic carbocycles. The van der Waals surface area contributed by atoms with Crippen LogP contribution < -0.4 is 4.90 Å². The molecule has 0 amide bonds. The Morgan fingerprint density at radius 3 is 2.57 bits per heavy atom. The Labute approximate surface area is 163 Å². The Morgan fingerprint density at radius 1 is 0.679 bits per heavy atom. The molecule has 3 aliphatic rings. The zero-order valence-corrected chi connectivity index (χ0v) is 15.3. The van der Waals surface area contributed by atoms with Crippen molar-refractivity contribution in [3.8, 4) is 11.1 Å². The molecule has 0 saturated carbocycles. The first-order chi connectivity index (χ1) is 13.9. The number of nitrogens with zero attached hydrogens (tertiary/aromatic N) is 3. The molecule has 2 aromatic heterocycles. The van der Waals surface area contributed by atoms with E-state index >= 15 is 0 Å². The summed E-state index contributed by atoms with van der Waals surface area (Å²) in [6, 6.07) is 17.8. The van der Waals surface area contributed by atoms with Gasteiger partial charge in [0.1, 0.15) is 0 Å². The van der Waals surface area contributed by atoms with E-state index in [1.807, 2.05) is 18.6 Å². The molecular weight excluding hydrogens is 342 g/mol. The van der Waals surface area contributed by atoms with Crippen molar-refractivity contribution in [2.24, 2.45) is 0 Å². The molecule has 2 aliphatic heterocycles. The van der Waals surface area contributed by atoms with Gasteiger partial charge in [0.05, 0.1) is 29.0 Å². The Kier molecular flexibility index (Phi) is 2.64. The van der Waals surface area contributed by atoms with E-state index in [0.717, 1.165) is 19.3 Å². The second-order valence-electron chi connectivity index (χ2n) is 7.89. The van der Waals surface area contributed by atoms with Gasteiger partial charge in [0, 0.05) is 31.7 Å². The highest BCUT2D eigenvalue weighted by Crippen LogP contribution is 2.53. The molecule has 28 heavy (non-hydrogen) atoms. The Morgan fingerprint density at radius 2 is 1.57 bits per heavy atom. The number of pyridine rings is 2. The molecular formula is C25H17N3. The minimum absolute atomic E-state index is 0.877. The van der Waals surface area contributed by atoms with E-state index in [2.05, 4.69) is 58.4 Å². The van der Waals surface area contributed by atoms with Gasteiger partial charge in [0.15, 0.2) is 0 Å². The van der Waals surface area contributed by atoms with Crippen LogP contribution in [0.1, 0.15) is 33.5 Å². The normalized spacial score (nSPS) is 14.6. The van der Waals surface area contributed by atoms with Gasteiger partial charge >= 0.3 is 0 Å². The number of hydrogen-bond acceptors (Lipinski definition) is 3. The van der Waals surface area contributed by atoms with Crippen molar-refractivity contribution in [1.82, 2.24) is 9.97 Å². The Bertz CT molecular complexity index is 1290. The molecule has 3 nitrogen and oxygen atoms in total. The van der Waals surface area contributed by atoms with E-state index in [0.29, 0.717) is 0 Å². The lowest BCUT2D eigenvalue weighted by atomic mass is 9.87. The van der Waals surface area contributed by atoms with Crippen molar-refractivity contribution in [2.45, 2.75) is 19.3 Å². The minimum Gasteiger partial charge on any atom is -0.306 e. The van der Waals surface area contributed by atoms with Crippen molar-refractivity contribution in [3.63, 3.8) is 0 Å². The fourth-order valence-corrected chi connectivity index (χ4v) is 5.26.